The van der Waals surface area contributed by atoms with Crippen LogP contribution in [0, 0.1) is 28.4 Å². The molecule has 0 saturated heterocycles. The first-order chi connectivity index (χ1) is 13.5. The number of para-hydroxylation sites is 1. The first-order valence-electron chi connectivity index (χ1n) is 8.27. The zero-order valence-corrected chi connectivity index (χ0v) is 14.9. The van der Waals surface area contributed by atoms with Gasteiger partial charge in [0.1, 0.15) is 17.5 Å². The minimum atomic E-state index is -0.633. The van der Waals surface area contributed by atoms with Crippen LogP contribution in [-0.2, 0) is 4.79 Å². The Morgan fingerprint density at radius 3 is 2.64 bits per heavy atom. The third kappa shape index (κ3) is 4.11. The molecule has 0 saturated carbocycles. The number of hydrogen-bond donors (Lipinski definition) is 1. The highest BCUT2D eigenvalue weighted by molar-refractivity contribution is 6.09. The van der Waals surface area contributed by atoms with Crippen molar-refractivity contribution in [3.8, 4) is 11.8 Å². The third-order valence-electron chi connectivity index (χ3n) is 3.83. The summed E-state index contributed by atoms with van der Waals surface area (Å²) in [6, 6.07) is 18.5. The smallest absolute Gasteiger partial charge is 0.270 e. The Hall–Kier alpha value is -4.25. The van der Waals surface area contributed by atoms with Crippen LogP contribution in [-0.4, -0.2) is 20.6 Å². The van der Waals surface area contributed by atoms with Crippen molar-refractivity contribution in [1.29, 1.82) is 5.26 Å². The lowest BCUT2D eigenvalue weighted by molar-refractivity contribution is -0.384. The summed E-state index contributed by atoms with van der Waals surface area (Å²) in [6.07, 6.45) is 1.30. The van der Waals surface area contributed by atoms with Crippen LogP contribution in [0.4, 0.5) is 11.5 Å². The van der Waals surface area contributed by atoms with Crippen LogP contribution >= 0.6 is 0 Å². The zero-order chi connectivity index (χ0) is 20.1. The molecule has 8 nitrogen and oxygen atoms in total. The molecule has 3 rings (SSSR count). The highest BCUT2D eigenvalue weighted by atomic mass is 16.6. The molecule has 1 aromatic heterocycles. The molecule has 0 bridgehead atoms. The molecule has 1 N–H and O–H groups in total. The number of nitriles is 1. The molecule has 0 aliphatic heterocycles. The maximum Gasteiger partial charge on any atom is 0.270 e. The van der Waals surface area contributed by atoms with E-state index in [1.165, 1.54) is 24.3 Å². The van der Waals surface area contributed by atoms with Gasteiger partial charge in [-0.05, 0) is 30.7 Å². The molecule has 0 aliphatic carbocycles. The van der Waals surface area contributed by atoms with Gasteiger partial charge in [-0.3, -0.25) is 14.9 Å². The minimum absolute atomic E-state index is 0.121. The molecule has 2 aromatic carbocycles. The van der Waals surface area contributed by atoms with Crippen molar-refractivity contribution in [3.05, 3.63) is 87.6 Å². The molecule has 28 heavy (non-hydrogen) atoms. The summed E-state index contributed by atoms with van der Waals surface area (Å²) < 4.78 is 1.57. The molecule has 0 radical (unpaired) electrons. The van der Waals surface area contributed by atoms with Gasteiger partial charge in [-0.1, -0.05) is 30.3 Å². The number of anilines is 1. The molecular weight excluding hydrogens is 358 g/mol. The SMILES string of the molecule is Cc1cc(NC(=O)/C(C#N)=C/c2cccc([N+](=O)[O-])c2)n(-c2ccccc2)n1. The molecule has 0 fully saturated rings. The fourth-order valence-corrected chi connectivity index (χ4v) is 2.58. The number of nitrogens with one attached hydrogen (secondary N) is 1. The van der Waals surface area contributed by atoms with Crippen LogP contribution in [0.2, 0.25) is 0 Å². The number of non-ortho nitro benzene ring substituents is 1. The molecule has 0 atom stereocenters. The maximum atomic E-state index is 12.6. The third-order valence-corrected chi connectivity index (χ3v) is 3.83. The van der Waals surface area contributed by atoms with Crippen molar-refractivity contribution in [2.24, 2.45) is 0 Å². The van der Waals surface area contributed by atoms with Crippen molar-refractivity contribution < 1.29 is 9.72 Å². The second-order valence-electron chi connectivity index (χ2n) is 5.89. The van der Waals surface area contributed by atoms with E-state index in [0.717, 1.165) is 5.69 Å². The standard InChI is InChI=1S/C20H15N5O3/c1-14-10-19(24(23-14)17-7-3-2-4-8-17)22-20(26)16(13-21)11-15-6-5-9-18(12-15)25(27)28/h2-12H,1H3,(H,22,26)/b16-11+. The number of carbonyl (C=O) groups is 1. The Morgan fingerprint density at radius 1 is 1.21 bits per heavy atom. The average Bonchev–Trinajstić information content (AvgIpc) is 3.07. The predicted octanol–water partition coefficient (Wildman–Crippen LogP) is 3.63. The Kier molecular flexibility index (Phi) is 5.28. The second kappa shape index (κ2) is 7.97. The largest absolute Gasteiger partial charge is 0.306 e. The van der Waals surface area contributed by atoms with Crippen LogP contribution in [0.1, 0.15) is 11.3 Å². The Bertz CT molecular complexity index is 1110. The van der Waals surface area contributed by atoms with Gasteiger partial charge in [0.25, 0.3) is 11.6 Å². The van der Waals surface area contributed by atoms with Crippen molar-refractivity contribution >= 4 is 23.5 Å². The normalized spacial score (nSPS) is 10.9. The number of amides is 1. The molecule has 0 aliphatic rings. The van der Waals surface area contributed by atoms with E-state index >= 15 is 0 Å². The summed E-state index contributed by atoms with van der Waals surface area (Å²) in [5, 5.41) is 27.3. The summed E-state index contributed by atoms with van der Waals surface area (Å²) in [4.78, 5) is 22.9. The molecule has 0 unspecified atom stereocenters. The van der Waals surface area contributed by atoms with E-state index in [-0.39, 0.29) is 11.3 Å². The molecule has 1 amide bonds. The first kappa shape index (κ1) is 18.5. The monoisotopic (exact) mass is 373 g/mol. The lowest BCUT2D eigenvalue weighted by Crippen LogP contribution is -2.16. The van der Waals surface area contributed by atoms with E-state index in [4.69, 9.17) is 0 Å². The van der Waals surface area contributed by atoms with E-state index in [1.807, 2.05) is 36.4 Å². The van der Waals surface area contributed by atoms with Gasteiger partial charge in [-0.25, -0.2) is 4.68 Å². The van der Waals surface area contributed by atoms with E-state index in [9.17, 15) is 20.2 Å². The van der Waals surface area contributed by atoms with Gasteiger partial charge in [0, 0.05) is 18.2 Å². The number of nitro benzene ring substituents is 1. The van der Waals surface area contributed by atoms with Gasteiger partial charge in [-0.2, -0.15) is 10.4 Å². The molecular formula is C20H15N5O3. The summed E-state index contributed by atoms with van der Waals surface area (Å²) in [6.45, 7) is 1.79. The van der Waals surface area contributed by atoms with Crippen LogP contribution in [0.25, 0.3) is 11.8 Å². The van der Waals surface area contributed by atoms with Gasteiger partial charge in [0.05, 0.1) is 16.3 Å². The van der Waals surface area contributed by atoms with Crippen LogP contribution < -0.4 is 5.32 Å². The first-order valence-corrected chi connectivity index (χ1v) is 8.27. The highest BCUT2D eigenvalue weighted by Crippen LogP contribution is 2.19. The fourth-order valence-electron chi connectivity index (χ4n) is 2.58. The minimum Gasteiger partial charge on any atom is -0.306 e. The Balaban J connectivity index is 1.89. The number of nitro groups is 1. The van der Waals surface area contributed by atoms with Crippen molar-refractivity contribution in [2.75, 3.05) is 5.32 Å². The van der Waals surface area contributed by atoms with Crippen LogP contribution in [0.3, 0.4) is 0 Å². The molecule has 3 aromatic rings. The number of aryl methyl sites for hydroxylation is 1. The number of nitrogens with zero attached hydrogens (tertiary/aromatic N) is 4. The van der Waals surface area contributed by atoms with Crippen LogP contribution in [0.5, 0.6) is 0 Å². The van der Waals surface area contributed by atoms with Gasteiger partial charge in [0.15, 0.2) is 0 Å². The number of aromatic nitrogens is 2. The van der Waals surface area contributed by atoms with Crippen molar-refractivity contribution in [3.63, 3.8) is 0 Å². The second-order valence-corrected chi connectivity index (χ2v) is 5.89. The Morgan fingerprint density at radius 2 is 1.96 bits per heavy atom. The number of hydrogen-bond acceptors (Lipinski definition) is 5. The quantitative estimate of drug-likeness (QED) is 0.317. The van der Waals surface area contributed by atoms with Crippen LogP contribution in [0.15, 0.2) is 66.2 Å². The Labute approximate surface area is 160 Å². The lowest BCUT2D eigenvalue weighted by atomic mass is 10.1. The van der Waals surface area contributed by atoms with Crippen molar-refractivity contribution in [2.45, 2.75) is 6.92 Å². The molecule has 0 spiro atoms. The highest BCUT2D eigenvalue weighted by Gasteiger charge is 2.15. The zero-order valence-electron chi connectivity index (χ0n) is 14.9. The topological polar surface area (TPSA) is 114 Å². The summed E-state index contributed by atoms with van der Waals surface area (Å²) in [5.41, 5.74) is 1.53. The summed E-state index contributed by atoms with van der Waals surface area (Å²) in [7, 11) is 0. The van der Waals surface area contributed by atoms with Gasteiger partial charge >= 0.3 is 0 Å². The van der Waals surface area contributed by atoms with Gasteiger partial charge < -0.3 is 5.32 Å². The summed E-state index contributed by atoms with van der Waals surface area (Å²) >= 11 is 0. The van der Waals surface area contributed by atoms with Gasteiger partial charge in [0.2, 0.25) is 0 Å². The fraction of sp³-hybridized carbons (Fsp3) is 0.0500. The van der Waals surface area contributed by atoms with E-state index in [2.05, 4.69) is 10.4 Å². The summed E-state index contributed by atoms with van der Waals surface area (Å²) in [5.74, 6) is -0.222. The van der Waals surface area contributed by atoms with E-state index < -0.39 is 10.8 Å². The van der Waals surface area contributed by atoms with Crippen molar-refractivity contribution in [1.82, 2.24) is 9.78 Å². The number of carbonyl (C=O) groups excluding carboxylic acids is 1. The number of rotatable bonds is 5. The van der Waals surface area contributed by atoms with Gasteiger partial charge in [-0.15, -0.1) is 0 Å². The number of benzene rings is 2. The molecule has 138 valence electrons. The molecule has 1 heterocycles. The average molecular weight is 373 g/mol. The molecule has 8 heteroatoms. The maximum absolute atomic E-state index is 12.6. The van der Waals surface area contributed by atoms with E-state index in [1.54, 1.807) is 23.7 Å². The lowest BCUT2D eigenvalue weighted by Gasteiger charge is -2.08. The predicted molar refractivity (Wildman–Crippen MR) is 104 cm³/mol. The van der Waals surface area contributed by atoms with E-state index in [0.29, 0.717) is 17.1 Å².